The summed E-state index contributed by atoms with van der Waals surface area (Å²) >= 11 is 0. The number of methoxy groups -OCH3 is 1. The summed E-state index contributed by atoms with van der Waals surface area (Å²) < 4.78 is 5.35. The normalized spacial score (nSPS) is 11.5. The predicted molar refractivity (Wildman–Crippen MR) is 101 cm³/mol. The average molecular weight is 355 g/mol. The molecule has 2 rings (SSSR count). The second kappa shape index (κ2) is 10.2. The van der Waals surface area contributed by atoms with Crippen LogP contribution in [0.2, 0.25) is 0 Å². The molecule has 2 aromatic rings. The molecule has 0 aliphatic rings. The van der Waals surface area contributed by atoms with Crippen LogP contribution >= 0.6 is 0 Å². The van der Waals surface area contributed by atoms with Crippen molar-refractivity contribution >= 4 is 11.9 Å². The van der Waals surface area contributed by atoms with Crippen molar-refractivity contribution in [2.24, 2.45) is 0 Å². The largest absolute Gasteiger partial charge is 0.496 e. The van der Waals surface area contributed by atoms with Gasteiger partial charge in [0.15, 0.2) is 0 Å². The molecule has 0 unspecified atom stereocenters. The molecule has 0 radical (unpaired) electrons. The minimum Gasteiger partial charge on any atom is -0.496 e. The first-order valence-corrected chi connectivity index (χ1v) is 8.64. The van der Waals surface area contributed by atoms with Gasteiger partial charge in [0, 0.05) is 13.1 Å². The predicted octanol–water partition coefficient (Wildman–Crippen LogP) is 2.41. The van der Waals surface area contributed by atoms with Crippen molar-refractivity contribution in [2.75, 3.05) is 20.2 Å². The number of carbonyl (C=O) groups excluding carboxylic acids is 2. The van der Waals surface area contributed by atoms with Gasteiger partial charge >= 0.3 is 6.03 Å². The van der Waals surface area contributed by atoms with Gasteiger partial charge in [0.2, 0.25) is 5.91 Å². The zero-order valence-electron chi connectivity index (χ0n) is 15.1. The molecule has 0 heterocycles. The van der Waals surface area contributed by atoms with E-state index in [0.717, 1.165) is 16.9 Å². The minimum atomic E-state index is -0.617. The fourth-order valence-corrected chi connectivity index (χ4v) is 2.66. The number of benzene rings is 2. The van der Waals surface area contributed by atoms with Crippen LogP contribution in [0.5, 0.6) is 5.75 Å². The minimum absolute atomic E-state index is 0.387. The third kappa shape index (κ3) is 5.60. The molecule has 0 aliphatic heterocycles. The third-order valence-electron chi connectivity index (χ3n) is 3.90. The molecule has 0 fully saturated rings. The maximum Gasteiger partial charge on any atom is 0.321 e. The third-order valence-corrected chi connectivity index (χ3v) is 3.90. The SMILES string of the molecule is CCNC(=O)NC(=O)[C@@H](NCCc1ccccc1OC)c1ccccc1. The lowest BCUT2D eigenvalue weighted by molar-refractivity contribution is -0.122. The second-order valence-electron chi connectivity index (χ2n) is 5.71. The van der Waals surface area contributed by atoms with E-state index < -0.39 is 12.1 Å². The Morgan fingerprint density at radius 1 is 1.04 bits per heavy atom. The van der Waals surface area contributed by atoms with Gasteiger partial charge in [-0.05, 0) is 30.5 Å². The molecule has 138 valence electrons. The first kappa shape index (κ1) is 19.5. The number of urea groups is 1. The van der Waals surface area contributed by atoms with Gasteiger partial charge in [-0.25, -0.2) is 4.79 Å². The molecule has 0 spiro atoms. The smallest absolute Gasteiger partial charge is 0.321 e. The summed E-state index contributed by atoms with van der Waals surface area (Å²) in [5.74, 6) is 0.430. The fourth-order valence-electron chi connectivity index (χ4n) is 2.66. The van der Waals surface area contributed by atoms with Crippen LogP contribution in [0.3, 0.4) is 0 Å². The van der Waals surface area contributed by atoms with Crippen LogP contribution in [0.1, 0.15) is 24.1 Å². The Kier molecular flexibility index (Phi) is 7.64. The van der Waals surface area contributed by atoms with E-state index in [-0.39, 0.29) is 5.91 Å². The monoisotopic (exact) mass is 355 g/mol. The topological polar surface area (TPSA) is 79.5 Å². The van der Waals surface area contributed by atoms with Crippen molar-refractivity contribution < 1.29 is 14.3 Å². The van der Waals surface area contributed by atoms with Gasteiger partial charge in [0.25, 0.3) is 0 Å². The number of hydrogen-bond donors (Lipinski definition) is 3. The molecular weight excluding hydrogens is 330 g/mol. The lowest BCUT2D eigenvalue weighted by atomic mass is 10.1. The summed E-state index contributed by atoms with van der Waals surface area (Å²) in [5, 5.41) is 8.17. The number of carbonyl (C=O) groups is 2. The lowest BCUT2D eigenvalue weighted by Crippen LogP contribution is -2.45. The highest BCUT2D eigenvalue weighted by atomic mass is 16.5. The molecule has 1 atom stereocenters. The van der Waals surface area contributed by atoms with Gasteiger partial charge in [0.1, 0.15) is 11.8 Å². The maximum atomic E-state index is 12.5. The van der Waals surface area contributed by atoms with Crippen LogP contribution in [0.15, 0.2) is 54.6 Å². The van der Waals surface area contributed by atoms with E-state index in [9.17, 15) is 9.59 Å². The Balaban J connectivity index is 2.04. The summed E-state index contributed by atoms with van der Waals surface area (Å²) in [6.07, 6.45) is 0.696. The summed E-state index contributed by atoms with van der Waals surface area (Å²) in [7, 11) is 1.64. The number of rotatable bonds is 8. The summed E-state index contributed by atoms with van der Waals surface area (Å²) in [6, 6.07) is 16.0. The molecular formula is C20H25N3O3. The van der Waals surface area contributed by atoms with Crippen molar-refractivity contribution in [3.63, 3.8) is 0 Å². The highest BCUT2D eigenvalue weighted by Crippen LogP contribution is 2.18. The van der Waals surface area contributed by atoms with E-state index in [0.29, 0.717) is 19.5 Å². The number of nitrogens with one attached hydrogen (secondary N) is 3. The van der Waals surface area contributed by atoms with Gasteiger partial charge in [-0.3, -0.25) is 10.1 Å². The van der Waals surface area contributed by atoms with E-state index in [4.69, 9.17) is 4.74 Å². The Morgan fingerprint density at radius 2 is 1.73 bits per heavy atom. The average Bonchev–Trinajstić information content (AvgIpc) is 2.66. The first-order valence-electron chi connectivity index (χ1n) is 8.64. The van der Waals surface area contributed by atoms with E-state index in [1.807, 2.05) is 54.6 Å². The number of para-hydroxylation sites is 1. The zero-order valence-corrected chi connectivity index (χ0v) is 15.1. The maximum absolute atomic E-state index is 12.5. The molecule has 0 aromatic heterocycles. The summed E-state index contributed by atoms with van der Waals surface area (Å²) in [4.78, 5) is 24.2. The molecule has 0 aliphatic carbocycles. The van der Waals surface area contributed by atoms with Crippen LogP contribution in [0.4, 0.5) is 4.79 Å². The van der Waals surface area contributed by atoms with Gasteiger partial charge in [-0.15, -0.1) is 0 Å². The number of ether oxygens (including phenoxy) is 1. The van der Waals surface area contributed by atoms with E-state index in [1.54, 1.807) is 14.0 Å². The molecule has 6 heteroatoms. The van der Waals surface area contributed by atoms with Gasteiger partial charge in [0.05, 0.1) is 7.11 Å². The van der Waals surface area contributed by atoms with E-state index in [1.165, 1.54) is 0 Å². The Morgan fingerprint density at radius 3 is 2.42 bits per heavy atom. The highest BCUT2D eigenvalue weighted by Gasteiger charge is 2.21. The molecule has 0 bridgehead atoms. The Labute approximate surface area is 153 Å². The Hall–Kier alpha value is -2.86. The van der Waals surface area contributed by atoms with Gasteiger partial charge in [-0.2, -0.15) is 0 Å². The van der Waals surface area contributed by atoms with Crippen molar-refractivity contribution in [1.29, 1.82) is 0 Å². The molecule has 0 saturated heterocycles. The quantitative estimate of drug-likeness (QED) is 0.679. The molecule has 3 N–H and O–H groups in total. The molecule has 0 saturated carbocycles. The van der Waals surface area contributed by atoms with Crippen molar-refractivity contribution in [2.45, 2.75) is 19.4 Å². The van der Waals surface area contributed by atoms with Crippen LogP contribution in [-0.4, -0.2) is 32.1 Å². The molecule has 3 amide bonds. The number of amides is 3. The van der Waals surface area contributed by atoms with Crippen LogP contribution in [0.25, 0.3) is 0 Å². The standard InChI is InChI=1S/C20H25N3O3/c1-3-21-20(25)23-19(24)18(16-10-5-4-6-11-16)22-14-13-15-9-7-8-12-17(15)26-2/h4-12,18,22H,3,13-14H2,1-2H3,(H2,21,23,24,25)/t18-/m0/s1. The van der Waals surface area contributed by atoms with E-state index in [2.05, 4.69) is 16.0 Å². The molecule has 2 aromatic carbocycles. The number of imide groups is 1. The van der Waals surface area contributed by atoms with Crippen molar-refractivity contribution in [3.8, 4) is 5.75 Å². The lowest BCUT2D eigenvalue weighted by Gasteiger charge is -2.19. The van der Waals surface area contributed by atoms with Gasteiger partial charge < -0.3 is 15.4 Å². The second-order valence-corrected chi connectivity index (χ2v) is 5.71. The molecule has 26 heavy (non-hydrogen) atoms. The summed E-state index contributed by atoms with van der Waals surface area (Å²) in [6.45, 7) is 2.81. The first-order chi connectivity index (χ1) is 12.7. The van der Waals surface area contributed by atoms with Crippen LogP contribution in [0, 0.1) is 0 Å². The number of hydrogen-bond acceptors (Lipinski definition) is 4. The molecule has 6 nitrogen and oxygen atoms in total. The van der Waals surface area contributed by atoms with E-state index >= 15 is 0 Å². The van der Waals surface area contributed by atoms with Crippen molar-refractivity contribution in [1.82, 2.24) is 16.0 Å². The van der Waals surface area contributed by atoms with Crippen LogP contribution in [-0.2, 0) is 11.2 Å². The van der Waals surface area contributed by atoms with Gasteiger partial charge in [-0.1, -0.05) is 48.5 Å². The summed E-state index contributed by atoms with van der Waals surface area (Å²) in [5.41, 5.74) is 1.85. The Bertz CT molecular complexity index is 719. The highest BCUT2D eigenvalue weighted by molar-refractivity contribution is 5.97. The van der Waals surface area contributed by atoms with Crippen molar-refractivity contribution in [3.05, 3.63) is 65.7 Å². The zero-order chi connectivity index (χ0) is 18.8. The van der Waals surface area contributed by atoms with Crippen LogP contribution < -0.4 is 20.7 Å². The fraction of sp³-hybridized carbons (Fsp3) is 0.300.